The molecule has 2 aromatic heterocycles. The smallest absolute Gasteiger partial charge is 0.257 e. The molecule has 1 aliphatic carbocycles. The zero-order chi connectivity index (χ0) is 40.4. The molecule has 7 heterocycles. The Morgan fingerprint density at radius 3 is 2.51 bits per heavy atom. The van der Waals surface area contributed by atoms with Crippen LogP contribution in [0.1, 0.15) is 80.9 Å². The van der Waals surface area contributed by atoms with Gasteiger partial charge >= 0.3 is 0 Å². The van der Waals surface area contributed by atoms with Gasteiger partial charge in [0.15, 0.2) is 6.23 Å². The molecule has 2 aromatic carbocycles. The molecule has 5 fully saturated rings. The predicted molar refractivity (Wildman–Crippen MR) is 222 cm³/mol. The van der Waals surface area contributed by atoms with Gasteiger partial charge in [0.1, 0.15) is 35.2 Å². The molecule has 6 aliphatic rings. The number of aromatic nitrogens is 4. The monoisotopic (exact) mass is 802 g/mol. The number of fused-ring (bicyclic) bond motifs is 2. The van der Waals surface area contributed by atoms with E-state index in [2.05, 4.69) is 66.1 Å². The van der Waals surface area contributed by atoms with Crippen molar-refractivity contribution in [2.75, 3.05) is 68.7 Å². The molecule has 10 rings (SSSR count). The third kappa shape index (κ3) is 7.52. The molecule has 59 heavy (non-hydrogen) atoms. The maximum Gasteiger partial charge on any atom is 0.257 e. The van der Waals surface area contributed by atoms with Crippen LogP contribution in [0.2, 0.25) is 0 Å². The average molecular weight is 803 g/mol. The summed E-state index contributed by atoms with van der Waals surface area (Å²) in [6, 6.07) is 13.4. The van der Waals surface area contributed by atoms with Crippen LogP contribution < -0.4 is 19.9 Å². The van der Waals surface area contributed by atoms with E-state index in [1.54, 1.807) is 12.4 Å². The number of amides is 3. The molecule has 2 unspecified atom stereocenters. The lowest BCUT2D eigenvalue weighted by atomic mass is 9.95. The number of piperazine rings is 1. The number of aliphatic hydroxyl groups is 1. The van der Waals surface area contributed by atoms with Crippen molar-refractivity contribution in [1.82, 2.24) is 40.2 Å². The minimum Gasteiger partial charge on any atom is -0.488 e. The van der Waals surface area contributed by atoms with Crippen LogP contribution in [0.3, 0.4) is 0 Å². The van der Waals surface area contributed by atoms with Crippen molar-refractivity contribution in [2.24, 2.45) is 11.8 Å². The summed E-state index contributed by atoms with van der Waals surface area (Å²) in [5, 5.41) is 22.3. The van der Waals surface area contributed by atoms with Crippen LogP contribution in [0, 0.1) is 11.8 Å². The first-order valence-electron chi connectivity index (χ1n) is 21.5. The van der Waals surface area contributed by atoms with Crippen molar-refractivity contribution < 1.29 is 24.2 Å². The number of H-pyrrole nitrogens is 1. The normalized spacial score (nSPS) is 26.5. The molecular weight excluding hydrogens is 749 g/mol. The van der Waals surface area contributed by atoms with Gasteiger partial charge in [-0.15, -0.1) is 0 Å². The van der Waals surface area contributed by atoms with E-state index < -0.39 is 18.2 Å². The number of carbonyl (C=O) groups is 3. The Kier molecular flexibility index (Phi) is 9.79. The summed E-state index contributed by atoms with van der Waals surface area (Å²) in [7, 11) is 0. The molecule has 0 radical (unpaired) electrons. The van der Waals surface area contributed by atoms with Gasteiger partial charge in [-0.1, -0.05) is 0 Å². The maximum atomic E-state index is 13.2. The zero-order valence-corrected chi connectivity index (χ0v) is 34.0. The standard InChI is InChI=1S/C44H54N10O5/c1-27-22-53(38-21-36(45-26-46-38)40-34-20-31(59-44(2)12-13-44)4-6-35(34)48-49-40)18-17-52(27)25-29-9-14-50(24-29)23-28-10-15-51(16-11-28)30-3-5-32-33(19-30)43(58)54(42(32)57)37-7-8-39(55)47-41(37)56/h3-6,19-21,26-29,37,43,58H,7-18,22-25H2,1-2H3,(H,48,49)(H,47,55,56)/t27-,29-,37?,43?/m0/s1. The minimum absolute atomic E-state index is 0.0468. The second-order valence-electron chi connectivity index (χ2n) is 18.1. The second-order valence-corrected chi connectivity index (χ2v) is 18.1. The van der Waals surface area contributed by atoms with Crippen LogP contribution >= 0.6 is 0 Å². The van der Waals surface area contributed by atoms with Crippen LogP contribution in [0.5, 0.6) is 5.75 Å². The molecule has 15 nitrogen and oxygen atoms in total. The number of nitrogens with zero attached hydrogens (tertiary/aromatic N) is 8. The number of carbonyl (C=O) groups excluding carboxylic acids is 3. The van der Waals surface area contributed by atoms with E-state index in [1.165, 1.54) is 11.3 Å². The van der Waals surface area contributed by atoms with Crippen LogP contribution in [-0.4, -0.2) is 134 Å². The zero-order valence-electron chi connectivity index (χ0n) is 34.0. The van der Waals surface area contributed by atoms with E-state index in [-0.39, 0.29) is 30.3 Å². The fourth-order valence-electron chi connectivity index (χ4n) is 10.1. The Balaban J connectivity index is 0.693. The average Bonchev–Trinajstić information content (AvgIpc) is 3.50. The van der Waals surface area contributed by atoms with E-state index in [0.29, 0.717) is 29.0 Å². The van der Waals surface area contributed by atoms with Crippen molar-refractivity contribution in [3.63, 3.8) is 0 Å². The molecule has 4 atom stereocenters. The highest BCUT2D eigenvalue weighted by molar-refractivity contribution is 6.06. The van der Waals surface area contributed by atoms with Crippen LogP contribution in [-0.2, 0) is 9.59 Å². The van der Waals surface area contributed by atoms with Gasteiger partial charge in [-0.3, -0.25) is 34.6 Å². The van der Waals surface area contributed by atoms with Crippen molar-refractivity contribution in [3.8, 4) is 17.1 Å². The van der Waals surface area contributed by atoms with Gasteiger partial charge in [-0.05, 0) is 107 Å². The van der Waals surface area contributed by atoms with Gasteiger partial charge in [-0.25, -0.2) is 9.97 Å². The predicted octanol–water partition coefficient (Wildman–Crippen LogP) is 3.95. The summed E-state index contributed by atoms with van der Waals surface area (Å²) in [4.78, 5) is 58.0. The number of hydrogen-bond acceptors (Lipinski definition) is 12. The van der Waals surface area contributed by atoms with Crippen LogP contribution in [0.15, 0.2) is 48.8 Å². The summed E-state index contributed by atoms with van der Waals surface area (Å²) in [6.45, 7) is 13.7. The lowest BCUT2D eigenvalue weighted by Crippen LogP contribution is -2.53. The maximum absolute atomic E-state index is 13.2. The summed E-state index contributed by atoms with van der Waals surface area (Å²) in [5.41, 5.74) is 4.48. The van der Waals surface area contributed by atoms with Gasteiger partial charge < -0.3 is 24.5 Å². The van der Waals surface area contributed by atoms with Gasteiger partial charge in [0.25, 0.3) is 5.91 Å². The highest BCUT2D eigenvalue weighted by Gasteiger charge is 2.45. The van der Waals surface area contributed by atoms with E-state index in [1.807, 2.05) is 24.3 Å². The van der Waals surface area contributed by atoms with Gasteiger partial charge in [0, 0.05) is 93.1 Å². The largest absolute Gasteiger partial charge is 0.488 e. The van der Waals surface area contributed by atoms with Gasteiger partial charge in [0.05, 0.1) is 11.2 Å². The lowest BCUT2D eigenvalue weighted by molar-refractivity contribution is -0.139. The number of ether oxygens (including phenoxy) is 1. The molecule has 3 amide bonds. The Labute approximate surface area is 344 Å². The highest BCUT2D eigenvalue weighted by Crippen LogP contribution is 2.41. The minimum atomic E-state index is -1.21. The van der Waals surface area contributed by atoms with Crippen LogP contribution in [0.25, 0.3) is 22.3 Å². The number of piperidine rings is 2. The number of benzene rings is 2. The Morgan fingerprint density at radius 2 is 1.71 bits per heavy atom. The fourth-order valence-corrected chi connectivity index (χ4v) is 10.1. The highest BCUT2D eigenvalue weighted by atomic mass is 16.5. The summed E-state index contributed by atoms with van der Waals surface area (Å²) in [5.74, 6) is 1.86. The number of hydrogen-bond donors (Lipinski definition) is 3. The molecule has 4 aromatic rings. The quantitative estimate of drug-likeness (QED) is 0.198. The first-order valence-corrected chi connectivity index (χ1v) is 21.5. The summed E-state index contributed by atoms with van der Waals surface area (Å²) in [6.07, 6.45) is 6.41. The van der Waals surface area contributed by atoms with Crippen molar-refractivity contribution in [2.45, 2.75) is 82.7 Å². The summed E-state index contributed by atoms with van der Waals surface area (Å²) < 4.78 is 6.24. The van der Waals surface area contributed by atoms with Crippen molar-refractivity contribution >= 4 is 40.1 Å². The third-order valence-corrected chi connectivity index (χ3v) is 13.8. The number of rotatable bonds is 10. The van der Waals surface area contributed by atoms with Crippen LogP contribution in [0.4, 0.5) is 11.5 Å². The van der Waals surface area contributed by atoms with Crippen molar-refractivity contribution in [3.05, 3.63) is 59.9 Å². The molecule has 0 bridgehead atoms. The first-order chi connectivity index (χ1) is 28.6. The number of aromatic amines is 1. The fraction of sp³-hybridized carbons (Fsp3) is 0.545. The molecule has 15 heteroatoms. The second kappa shape index (κ2) is 15.2. The van der Waals surface area contributed by atoms with E-state index in [0.717, 1.165) is 124 Å². The third-order valence-electron chi connectivity index (χ3n) is 13.8. The topological polar surface area (TPSA) is 163 Å². The lowest BCUT2D eigenvalue weighted by Gasteiger charge is -2.41. The molecule has 0 spiro atoms. The molecule has 4 saturated heterocycles. The number of anilines is 2. The summed E-state index contributed by atoms with van der Waals surface area (Å²) >= 11 is 0. The Hall–Kier alpha value is -5.12. The van der Waals surface area contributed by atoms with Crippen molar-refractivity contribution in [1.29, 1.82) is 0 Å². The van der Waals surface area contributed by atoms with E-state index in [4.69, 9.17) is 9.72 Å². The molecule has 1 saturated carbocycles. The number of likely N-dealkylation sites (tertiary alicyclic amines) is 1. The Morgan fingerprint density at radius 1 is 0.881 bits per heavy atom. The molecular formula is C44H54N10O5. The van der Waals surface area contributed by atoms with E-state index in [9.17, 15) is 19.5 Å². The molecule has 310 valence electrons. The number of imide groups is 1. The van der Waals surface area contributed by atoms with Gasteiger partial charge in [-0.2, -0.15) is 5.10 Å². The number of nitrogens with one attached hydrogen (secondary N) is 2. The first kappa shape index (κ1) is 38.1. The SMILES string of the molecule is C[C@H]1CN(c2cc(-c3n[nH]c4ccc(OC5(C)CC5)cc34)ncn2)CCN1C[C@H]1CCN(CC2CCN(c3ccc4c(c3)C(O)N(C3CCC(=O)NC3=O)C4=O)CC2)C1. The molecule has 5 aliphatic heterocycles. The molecule has 3 N–H and O–H groups in total. The number of aliphatic hydroxyl groups excluding tert-OH is 1. The van der Waals surface area contributed by atoms with E-state index >= 15 is 0 Å². The van der Waals surface area contributed by atoms with Gasteiger partial charge in [0.2, 0.25) is 11.8 Å². The Bertz CT molecular complexity index is 2270.